The maximum absolute atomic E-state index is 4.34. The zero-order chi connectivity index (χ0) is 14.0. The second-order valence-corrected chi connectivity index (χ2v) is 6.02. The van der Waals surface area contributed by atoms with E-state index >= 15 is 0 Å². The first kappa shape index (κ1) is 14.2. The van der Waals surface area contributed by atoms with Gasteiger partial charge >= 0.3 is 0 Å². The fourth-order valence-corrected chi connectivity index (χ4v) is 2.98. The number of hydrogen-bond acceptors (Lipinski definition) is 1. The quantitative estimate of drug-likeness (QED) is 0.688. The van der Waals surface area contributed by atoms with Gasteiger partial charge in [-0.15, -0.1) is 0 Å². The lowest BCUT2D eigenvalue weighted by Crippen LogP contribution is -2.15. The first-order valence-corrected chi connectivity index (χ1v) is 7.54. The average Bonchev–Trinajstić information content (AvgIpc) is 2.55. The van der Waals surface area contributed by atoms with E-state index < -0.39 is 0 Å². The van der Waals surface area contributed by atoms with Crippen molar-refractivity contribution in [1.29, 1.82) is 0 Å². The standard InChI is InChI=1S/C18H27N/c1-6-8-13(2)14(3)11-17-12-19(5)18(15(17)4)16-9-7-10-16/h11H,4,6-10,12H2,1-3,5H3/b14-13-,17-11-. The van der Waals surface area contributed by atoms with Gasteiger partial charge in [-0.3, -0.25) is 0 Å². The van der Waals surface area contributed by atoms with Crippen molar-refractivity contribution in [3.8, 4) is 0 Å². The third kappa shape index (κ3) is 2.86. The molecule has 1 saturated carbocycles. The molecule has 0 aromatic carbocycles. The van der Waals surface area contributed by atoms with Gasteiger partial charge in [-0.05, 0) is 56.3 Å². The molecule has 1 heteroatoms. The van der Waals surface area contributed by atoms with Crippen molar-refractivity contribution in [1.82, 2.24) is 4.90 Å². The van der Waals surface area contributed by atoms with E-state index in [-0.39, 0.29) is 0 Å². The summed E-state index contributed by atoms with van der Waals surface area (Å²) >= 11 is 0. The Morgan fingerprint density at radius 3 is 2.53 bits per heavy atom. The Bertz CT molecular complexity index is 468. The van der Waals surface area contributed by atoms with Crippen LogP contribution in [0.15, 0.2) is 46.2 Å². The minimum Gasteiger partial charge on any atom is -0.370 e. The SMILES string of the molecule is C=C1C(=C2CCC2)N(C)C/C1=C/C(C)=C(/C)CCC. The maximum Gasteiger partial charge on any atom is 0.0433 e. The van der Waals surface area contributed by atoms with Crippen LogP contribution in [0.2, 0.25) is 0 Å². The first-order chi connectivity index (χ1) is 9.04. The molecule has 104 valence electrons. The molecule has 2 fully saturated rings. The van der Waals surface area contributed by atoms with Crippen molar-refractivity contribution in [2.45, 2.75) is 52.9 Å². The fourth-order valence-electron chi connectivity index (χ4n) is 2.98. The molecule has 19 heavy (non-hydrogen) atoms. The van der Waals surface area contributed by atoms with E-state index in [0.29, 0.717) is 0 Å². The van der Waals surface area contributed by atoms with Crippen molar-refractivity contribution < 1.29 is 0 Å². The Morgan fingerprint density at radius 2 is 2.00 bits per heavy atom. The van der Waals surface area contributed by atoms with Crippen molar-refractivity contribution in [2.75, 3.05) is 13.6 Å². The fraction of sp³-hybridized carbons (Fsp3) is 0.556. The summed E-state index contributed by atoms with van der Waals surface area (Å²) in [5.74, 6) is 0. The molecule has 2 rings (SSSR count). The lowest BCUT2D eigenvalue weighted by atomic mass is 9.88. The van der Waals surface area contributed by atoms with Crippen LogP contribution in [0.25, 0.3) is 0 Å². The van der Waals surface area contributed by atoms with Gasteiger partial charge in [0.1, 0.15) is 0 Å². The van der Waals surface area contributed by atoms with E-state index in [1.54, 1.807) is 5.57 Å². The summed E-state index contributed by atoms with van der Waals surface area (Å²) in [6.45, 7) is 12.1. The summed E-state index contributed by atoms with van der Waals surface area (Å²) < 4.78 is 0. The van der Waals surface area contributed by atoms with Crippen molar-refractivity contribution >= 4 is 0 Å². The van der Waals surface area contributed by atoms with Gasteiger partial charge in [0.05, 0.1) is 0 Å². The van der Waals surface area contributed by atoms with Crippen LogP contribution in [0.4, 0.5) is 0 Å². The number of nitrogens with zero attached hydrogens (tertiary/aromatic N) is 1. The molecule has 1 aliphatic heterocycles. The second kappa shape index (κ2) is 5.81. The van der Waals surface area contributed by atoms with E-state index in [2.05, 4.69) is 45.4 Å². The van der Waals surface area contributed by atoms with Gasteiger partial charge in [0.15, 0.2) is 0 Å². The predicted molar refractivity (Wildman–Crippen MR) is 84.0 cm³/mol. The number of likely N-dealkylation sites (tertiary alicyclic amines) is 1. The molecule has 0 N–H and O–H groups in total. The van der Waals surface area contributed by atoms with Crippen LogP contribution in [0.3, 0.4) is 0 Å². The molecule has 0 spiro atoms. The van der Waals surface area contributed by atoms with Gasteiger partial charge in [0, 0.05) is 19.3 Å². The molecular weight excluding hydrogens is 230 g/mol. The zero-order valence-electron chi connectivity index (χ0n) is 13.0. The highest BCUT2D eigenvalue weighted by Gasteiger charge is 2.27. The smallest absolute Gasteiger partial charge is 0.0433 e. The minimum atomic E-state index is 1.02. The topological polar surface area (TPSA) is 3.24 Å². The Labute approximate surface area is 118 Å². The molecule has 0 aromatic rings. The van der Waals surface area contributed by atoms with Crippen molar-refractivity contribution in [2.24, 2.45) is 0 Å². The molecule has 0 amide bonds. The normalized spacial score (nSPS) is 23.1. The molecule has 0 unspecified atom stereocenters. The molecule has 2 aliphatic rings. The van der Waals surface area contributed by atoms with Gasteiger partial charge in [-0.25, -0.2) is 0 Å². The molecule has 1 nitrogen and oxygen atoms in total. The predicted octanol–water partition coefficient (Wildman–Crippen LogP) is 4.99. The molecule has 0 aromatic heterocycles. The van der Waals surface area contributed by atoms with Crippen LogP contribution in [-0.4, -0.2) is 18.5 Å². The Kier molecular flexibility index (Phi) is 4.34. The monoisotopic (exact) mass is 257 g/mol. The lowest BCUT2D eigenvalue weighted by molar-refractivity contribution is 0.476. The molecule has 0 radical (unpaired) electrons. The second-order valence-electron chi connectivity index (χ2n) is 6.02. The third-order valence-electron chi connectivity index (χ3n) is 4.44. The van der Waals surface area contributed by atoms with Gasteiger partial charge in [-0.1, -0.05) is 37.1 Å². The number of likely N-dealkylation sites (N-methyl/N-ethyl adjacent to an activating group) is 1. The van der Waals surface area contributed by atoms with Crippen LogP contribution in [0.1, 0.15) is 52.9 Å². The first-order valence-electron chi connectivity index (χ1n) is 7.54. The summed E-state index contributed by atoms with van der Waals surface area (Å²) in [5, 5.41) is 0. The van der Waals surface area contributed by atoms with Gasteiger partial charge in [0.2, 0.25) is 0 Å². The zero-order valence-corrected chi connectivity index (χ0v) is 13.0. The van der Waals surface area contributed by atoms with Crippen molar-refractivity contribution in [3.05, 3.63) is 46.2 Å². The van der Waals surface area contributed by atoms with Crippen LogP contribution in [0, 0.1) is 0 Å². The molecular formula is C18H27N. The Morgan fingerprint density at radius 1 is 1.32 bits per heavy atom. The maximum atomic E-state index is 4.34. The highest BCUT2D eigenvalue weighted by Crippen LogP contribution is 2.39. The molecule has 0 atom stereocenters. The van der Waals surface area contributed by atoms with Gasteiger partial charge in [0.25, 0.3) is 0 Å². The largest absolute Gasteiger partial charge is 0.370 e. The Balaban J connectivity index is 2.24. The number of allylic oxidation sites excluding steroid dienone is 5. The molecule has 1 saturated heterocycles. The van der Waals surface area contributed by atoms with Crippen LogP contribution >= 0.6 is 0 Å². The minimum absolute atomic E-state index is 1.02. The Hall–Kier alpha value is -1.24. The van der Waals surface area contributed by atoms with Crippen LogP contribution < -0.4 is 0 Å². The van der Waals surface area contributed by atoms with Gasteiger partial charge < -0.3 is 4.90 Å². The highest BCUT2D eigenvalue weighted by atomic mass is 15.1. The van der Waals surface area contributed by atoms with Crippen LogP contribution in [0.5, 0.6) is 0 Å². The number of rotatable bonds is 3. The van der Waals surface area contributed by atoms with Gasteiger partial charge in [-0.2, -0.15) is 0 Å². The van der Waals surface area contributed by atoms with E-state index in [0.717, 1.165) is 6.54 Å². The van der Waals surface area contributed by atoms with E-state index in [9.17, 15) is 0 Å². The summed E-state index contributed by atoms with van der Waals surface area (Å²) in [6, 6.07) is 0. The molecule has 0 bridgehead atoms. The van der Waals surface area contributed by atoms with E-state index in [4.69, 9.17) is 0 Å². The summed E-state index contributed by atoms with van der Waals surface area (Å²) in [7, 11) is 2.20. The van der Waals surface area contributed by atoms with E-state index in [1.165, 1.54) is 60.1 Å². The third-order valence-corrected chi connectivity index (χ3v) is 4.44. The number of hydrogen-bond donors (Lipinski definition) is 0. The summed E-state index contributed by atoms with van der Waals surface area (Å²) in [5.41, 5.74) is 8.65. The van der Waals surface area contributed by atoms with E-state index in [1.807, 2.05) is 0 Å². The highest BCUT2D eigenvalue weighted by molar-refractivity contribution is 5.55. The lowest BCUT2D eigenvalue weighted by Gasteiger charge is -2.24. The molecule has 1 heterocycles. The summed E-state index contributed by atoms with van der Waals surface area (Å²) in [4.78, 5) is 2.38. The average molecular weight is 257 g/mol. The van der Waals surface area contributed by atoms with Crippen LogP contribution in [-0.2, 0) is 0 Å². The summed E-state index contributed by atoms with van der Waals surface area (Å²) in [6.07, 6.45) is 8.68. The molecule has 1 aliphatic carbocycles. The van der Waals surface area contributed by atoms with Crippen molar-refractivity contribution in [3.63, 3.8) is 0 Å².